The molecule has 0 saturated heterocycles. The van der Waals surface area contributed by atoms with Crippen molar-refractivity contribution in [1.29, 1.82) is 0 Å². The molecule has 144 valence electrons. The number of fused-ring (bicyclic) bond motifs is 2. The van der Waals surface area contributed by atoms with E-state index in [-0.39, 0.29) is 5.78 Å². The Morgan fingerprint density at radius 3 is 1.90 bits per heavy atom. The van der Waals surface area contributed by atoms with Crippen LogP contribution in [-0.4, -0.2) is 5.78 Å². The van der Waals surface area contributed by atoms with E-state index in [2.05, 4.69) is 24.3 Å². The highest BCUT2D eigenvalue weighted by Gasteiger charge is 2.26. The lowest BCUT2D eigenvalue weighted by Crippen LogP contribution is -2.14. The third-order valence-corrected chi connectivity index (χ3v) is 5.34. The second-order valence-corrected chi connectivity index (χ2v) is 7.33. The first-order valence-corrected chi connectivity index (χ1v) is 10.0. The molecule has 0 atom stereocenters. The summed E-state index contributed by atoms with van der Waals surface area (Å²) in [6.45, 7) is 0.529. The van der Waals surface area contributed by atoms with E-state index in [1.165, 1.54) is 0 Å². The van der Waals surface area contributed by atoms with Crippen LogP contribution in [-0.2, 0) is 6.61 Å². The number of ether oxygens (including phenoxy) is 1. The van der Waals surface area contributed by atoms with E-state index in [1.54, 1.807) is 0 Å². The van der Waals surface area contributed by atoms with E-state index < -0.39 is 0 Å². The average Bonchev–Trinajstić information content (AvgIpc) is 2.81. The second-order valence-electron chi connectivity index (χ2n) is 7.33. The zero-order valence-electron chi connectivity index (χ0n) is 16.4. The summed E-state index contributed by atoms with van der Waals surface area (Å²) in [5, 5.41) is 0. The smallest absolute Gasteiger partial charge is 0.194 e. The fourth-order valence-electron chi connectivity index (χ4n) is 3.88. The third-order valence-electron chi connectivity index (χ3n) is 5.34. The van der Waals surface area contributed by atoms with E-state index in [0.29, 0.717) is 6.61 Å². The van der Waals surface area contributed by atoms with Crippen LogP contribution in [0, 0.1) is 0 Å². The van der Waals surface area contributed by atoms with Crippen molar-refractivity contribution in [2.24, 2.45) is 0 Å². The molecule has 1 aliphatic carbocycles. The number of rotatable bonds is 4. The molecule has 0 radical (unpaired) electrons. The summed E-state index contributed by atoms with van der Waals surface area (Å²) in [5.41, 5.74) is 6.66. The van der Waals surface area contributed by atoms with Gasteiger partial charge in [-0.25, -0.2) is 0 Å². The Balaban J connectivity index is 1.52. The lowest BCUT2D eigenvalue weighted by atomic mass is 9.81. The van der Waals surface area contributed by atoms with Crippen molar-refractivity contribution in [1.82, 2.24) is 0 Å². The van der Waals surface area contributed by atoms with E-state index in [9.17, 15) is 4.79 Å². The van der Waals surface area contributed by atoms with Gasteiger partial charge < -0.3 is 4.74 Å². The first-order chi connectivity index (χ1) is 14.8. The average molecular weight is 388 g/mol. The molecular weight excluding hydrogens is 368 g/mol. The molecule has 1 aliphatic rings. The highest BCUT2D eigenvalue weighted by atomic mass is 16.5. The summed E-state index contributed by atoms with van der Waals surface area (Å²) >= 11 is 0. The minimum Gasteiger partial charge on any atom is -0.489 e. The monoisotopic (exact) mass is 388 g/mol. The zero-order chi connectivity index (χ0) is 20.3. The summed E-state index contributed by atoms with van der Waals surface area (Å²) < 4.78 is 5.99. The van der Waals surface area contributed by atoms with Gasteiger partial charge in [0.1, 0.15) is 12.4 Å². The van der Waals surface area contributed by atoms with E-state index in [0.717, 1.165) is 44.7 Å². The van der Waals surface area contributed by atoms with Gasteiger partial charge in [-0.3, -0.25) is 4.79 Å². The maximum Gasteiger partial charge on any atom is 0.194 e. The molecule has 0 spiro atoms. The Bertz CT molecular complexity index is 1200. The Labute approximate surface area is 176 Å². The van der Waals surface area contributed by atoms with Crippen LogP contribution in [0.5, 0.6) is 5.75 Å². The standard InChI is InChI=1S/C28H20O2/c29-28-25-15-6-4-13-23(25)27(24-14-5-7-16-26(24)28)18-21-11-8-12-22(17-21)30-19-20-9-2-1-3-10-20/h1-18H,19H2. The minimum atomic E-state index is 0.0818. The van der Waals surface area contributed by atoms with Gasteiger partial charge in [-0.15, -0.1) is 0 Å². The molecule has 0 aliphatic heterocycles. The summed E-state index contributed by atoms with van der Waals surface area (Å²) in [6.07, 6.45) is 2.14. The van der Waals surface area contributed by atoms with Crippen molar-refractivity contribution in [3.8, 4) is 5.75 Å². The quantitative estimate of drug-likeness (QED) is 0.356. The van der Waals surface area contributed by atoms with Gasteiger partial charge in [-0.1, -0.05) is 91.0 Å². The van der Waals surface area contributed by atoms with Crippen LogP contribution in [0.3, 0.4) is 0 Å². The molecule has 0 N–H and O–H groups in total. The molecule has 0 saturated carbocycles. The fraction of sp³-hybridized carbons (Fsp3) is 0.0357. The van der Waals surface area contributed by atoms with Gasteiger partial charge in [0.2, 0.25) is 0 Å². The largest absolute Gasteiger partial charge is 0.489 e. The molecule has 0 fully saturated rings. The number of hydrogen-bond acceptors (Lipinski definition) is 2. The van der Waals surface area contributed by atoms with Crippen molar-refractivity contribution in [2.75, 3.05) is 0 Å². The third kappa shape index (κ3) is 3.44. The van der Waals surface area contributed by atoms with Crippen LogP contribution in [0.25, 0.3) is 11.6 Å². The van der Waals surface area contributed by atoms with Gasteiger partial charge in [-0.05, 0) is 46.0 Å². The molecule has 2 heteroatoms. The van der Waals surface area contributed by atoms with Crippen molar-refractivity contribution >= 4 is 17.4 Å². The molecule has 0 amide bonds. The van der Waals surface area contributed by atoms with Gasteiger partial charge in [0.25, 0.3) is 0 Å². The zero-order valence-corrected chi connectivity index (χ0v) is 16.4. The fourth-order valence-corrected chi connectivity index (χ4v) is 3.88. The first-order valence-electron chi connectivity index (χ1n) is 10.0. The number of carbonyl (C=O) groups is 1. The maximum absolute atomic E-state index is 12.9. The predicted octanol–water partition coefficient (Wildman–Crippen LogP) is 6.40. The molecule has 2 nitrogen and oxygen atoms in total. The Kier molecular flexibility index (Phi) is 4.74. The van der Waals surface area contributed by atoms with Gasteiger partial charge in [0.05, 0.1) is 0 Å². The number of benzene rings is 4. The van der Waals surface area contributed by atoms with E-state index in [4.69, 9.17) is 4.74 Å². The molecule has 5 rings (SSSR count). The molecule has 0 aromatic heterocycles. The lowest BCUT2D eigenvalue weighted by Gasteiger charge is -2.21. The van der Waals surface area contributed by atoms with Gasteiger partial charge in [0.15, 0.2) is 5.78 Å². The van der Waals surface area contributed by atoms with Crippen LogP contribution >= 0.6 is 0 Å². The van der Waals surface area contributed by atoms with Crippen molar-refractivity contribution in [3.05, 3.63) is 137 Å². The summed E-state index contributed by atoms with van der Waals surface area (Å²) in [7, 11) is 0. The number of carbonyl (C=O) groups excluding carboxylic acids is 1. The number of ketones is 1. The normalized spacial score (nSPS) is 12.1. The summed E-state index contributed by atoms with van der Waals surface area (Å²) in [5.74, 6) is 0.903. The molecular formula is C28H20O2. The van der Waals surface area contributed by atoms with Crippen molar-refractivity contribution < 1.29 is 9.53 Å². The van der Waals surface area contributed by atoms with Crippen LogP contribution in [0.1, 0.15) is 38.2 Å². The number of hydrogen-bond donors (Lipinski definition) is 0. The highest BCUT2D eigenvalue weighted by Crippen LogP contribution is 2.37. The Hall–Kier alpha value is -3.91. The second kappa shape index (κ2) is 7.84. The minimum absolute atomic E-state index is 0.0818. The summed E-state index contributed by atoms with van der Waals surface area (Å²) in [4.78, 5) is 12.9. The molecule has 30 heavy (non-hydrogen) atoms. The van der Waals surface area contributed by atoms with Crippen LogP contribution < -0.4 is 4.74 Å². The maximum atomic E-state index is 12.9. The van der Waals surface area contributed by atoms with Crippen LogP contribution in [0.2, 0.25) is 0 Å². The van der Waals surface area contributed by atoms with Gasteiger partial charge in [0, 0.05) is 11.1 Å². The highest BCUT2D eigenvalue weighted by molar-refractivity contribution is 6.20. The van der Waals surface area contributed by atoms with E-state index >= 15 is 0 Å². The van der Waals surface area contributed by atoms with Gasteiger partial charge >= 0.3 is 0 Å². The lowest BCUT2D eigenvalue weighted by molar-refractivity contribution is 0.103. The summed E-state index contributed by atoms with van der Waals surface area (Å²) in [6, 6.07) is 33.8. The van der Waals surface area contributed by atoms with Crippen LogP contribution in [0.4, 0.5) is 0 Å². The molecule has 4 aromatic rings. The molecule has 0 unspecified atom stereocenters. The topological polar surface area (TPSA) is 26.3 Å². The molecule has 4 aromatic carbocycles. The SMILES string of the molecule is O=C1c2ccccc2C(=Cc2cccc(OCc3ccccc3)c2)c2ccccc21. The predicted molar refractivity (Wildman–Crippen MR) is 121 cm³/mol. The van der Waals surface area contributed by atoms with E-state index in [1.807, 2.05) is 84.9 Å². The Morgan fingerprint density at radius 1 is 0.633 bits per heavy atom. The van der Waals surface area contributed by atoms with Crippen molar-refractivity contribution in [2.45, 2.75) is 6.61 Å². The van der Waals surface area contributed by atoms with Gasteiger partial charge in [-0.2, -0.15) is 0 Å². The van der Waals surface area contributed by atoms with Crippen LogP contribution in [0.15, 0.2) is 103 Å². The first kappa shape index (κ1) is 18.1. The molecule has 0 bridgehead atoms. The molecule has 0 heterocycles. The Morgan fingerprint density at radius 2 is 1.23 bits per heavy atom. The van der Waals surface area contributed by atoms with Crippen molar-refractivity contribution in [3.63, 3.8) is 0 Å².